The van der Waals surface area contributed by atoms with Crippen LogP contribution >= 0.6 is 11.8 Å². The fraction of sp³-hybridized carbons (Fsp3) is 0.800. The van der Waals surface area contributed by atoms with Crippen LogP contribution in [0.15, 0.2) is 11.5 Å². The maximum atomic E-state index is 2.58. The maximum Gasteiger partial charge on any atom is 0.00162 e. The lowest BCUT2D eigenvalue weighted by molar-refractivity contribution is 0.233. The van der Waals surface area contributed by atoms with Gasteiger partial charge in [0.05, 0.1) is 0 Å². The zero-order valence-electron chi connectivity index (χ0n) is 7.96. The molecule has 1 fully saturated rings. The predicted molar refractivity (Wildman–Crippen MR) is 57.6 cm³/mol. The Kier molecular flexibility index (Phi) is 5.53. The van der Waals surface area contributed by atoms with Crippen molar-refractivity contribution in [2.75, 3.05) is 25.9 Å². The van der Waals surface area contributed by atoms with Crippen molar-refractivity contribution in [2.45, 2.75) is 25.7 Å². The van der Waals surface area contributed by atoms with Crippen LogP contribution in [0.25, 0.3) is 0 Å². The van der Waals surface area contributed by atoms with Crippen LogP contribution in [0.3, 0.4) is 0 Å². The van der Waals surface area contributed by atoms with Crippen molar-refractivity contribution in [1.29, 1.82) is 0 Å². The lowest BCUT2D eigenvalue weighted by Crippen LogP contribution is -2.30. The number of hydrogen-bond acceptors (Lipinski definition) is 2. The van der Waals surface area contributed by atoms with E-state index in [0.717, 1.165) is 0 Å². The van der Waals surface area contributed by atoms with Gasteiger partial charge < -0.3 is 4.90 Å². The van der Waals surface area contributed by atoms with Gasteiger partial charge in [0.2, 0.25) is 0 Å². The van der Waals surface area contributed by atoms with Crippen molar-refractivity contribution in [1.82, 2.24) is 4.90 Å². The van der Waals surface area contributed by atoms with Gasteiger partial charge in [0, 0.05) is 6.54 Å². The molecule has 1 aliphatic rings. The number of thioether (sulfide) groups is 1. The first-order chi connectivity index (χ1) is 5.93. The maximum absolute atomic E-state index is 2.58. The third-order valence-electron chi connectivity index (χ3n) is 2.29. The quantitative estimate of drug-likeness (QED) is 0.662. The zero-order valence-corrected chi connectivity index (χ0v) is 8.78. The highest BCUT2D eigenvalue weighted by molar-refractivity contribution is 8.01. The van der Waals surface area contributed by atoms with Crippen LogP contribution in [0.2, 0.25) is 0 Å². The molecular weight excluding hydrogens is 166 g/mol. The van der Waals surface area contributed by atoms with Crippen LogP contribution < -0.4 is 0 Å². The van der Waals surface area contributed by atoms with Crippen molar-refractivity contribution in [3.8, 4) is 0 Å². The summed E-state index contributed by atoms with van der Waals surface area (Å²) in [5.41, 5.74) is 0. The van der Waals surface area contributed by atoms with E-state index in [1.165, 1.54) is 45.3 Å². The molecule has 1 saturated heterocycles. The van der Waals surface area contributed by atoms with E-state index in [2.05, 4.69) is 22.6 Å². The lowest BCUT2D eigenvalue weighted by atomic mass is 10.1. The zero-order chi connectivity index (χ0) is 8.65. The van der Waals surface area contributed by atoms with Crippen molar-refractivity contribution < 1.29 is 0 Å². The summed E-state index contributed by atoms with van der Waals surface area (Å²) >= 11 is 1.79. The van der Waals surface area contributed by atoms with Gasteiger partial charge in [0.15, 0.2) is 0 Å². The number of hydrogen-bond donors (Lipinski definition) is 0. The van der Waals surface area contributed by atoms with Crippen molar-refractivity contribution in [3.63, 3.8) is 0 Å². The Balaban J connectivity index is 2.01. The normalized spacial score (nSPS) is 20.4. The third kappa shape index (κ3) is 4.17. The van der Waals surface area contributed by atoms with Gasteiger partial charge in [0.1, 0.15) is 0 Å². The highest BCUT2D eigenvalue weighted by Gasteiger charge is 2.07. The topological polar surface area (TPSA) is 3.24 Å². The summed E-state index contributed by atoms with van der Waals surface area (Å²) in [6.45, 7) is 3.91. The molecule has 0 spiro atoms. The summed E-state index contributed by atoms with van der Waals surface area (Å²) in [7, 11) is 0. The van der Waals surface area contributed by atoms with Gasteiger partial charge in [-0.1, -0.05) is 12.5 Å². The second kappa shape index (κ2) is 6.55. The summed E-state index contributed by atoms with van der Waals surface area (Å²) in [4.78, 5) is 2.58. The Morgan fingerprint density at radius 2 is 2.00 bits per heavy atom. The number of likely N-dealkylation sites (tertiary alicyclic amines) is 1. The largest absolute Gasteiger partial charge is 0.303 e. The number of nitrogens with zero attached hydrogens (tertiary/aromatic N) is 1. The summed E-state index contributed by atoms with van der Waals surface area (Å²) in [5, 5.41) is 2.18. The van der Waals surface area contributed by atoms with Crippen LogP contribution in [0.4, 0.5) is 0 Å². The van der Waals surface area contributed by atoms with E-state index in [-0.39, 0.29) is 0 Å². The van der Waals surface area contributed by atoms with Crippen molar-refractivity contribution in [2.24, 2.45) is 0 Å². The predicted octanol–water partition coefficient (Wildman–Crippen LogP) is 2.74. The van der Waals surface area contributed by atoms with E-state index in [0.29, 0.717) is 0 Å². The SMILES string of the molecule is CSC=CCCN1CCCCC1. The van der Waals surface area contributed by atoms with Gasteiger partial charge >= 0.3 is 0 Å². The molecule has 1 aliphatic heterocycles. The second-order valence-electron chi connectivity index (χ2n) is 3.30. The Morgan fingerprint density at radius 1 is 1.25 bits per heavy atom. The standard InChI is InChI=1S/C10H19NS/c1-12-10-6-5-9-11-7-3-2-4-8-11/h6,10H,2-5,7-9H2,1H3. The fourth-order valence-electron chi connectivity index (χ4n) is 1.60. The summed E-state index contributed by atoms with van der Waals surface area (Å²) < 4.78 is 0. The van der Waals surface area contributed by atoms with Gasteiger partial charge in [-0.3, -0.25) is 0 Å². The highest BCUT2D eigenvalue weighted by Crippen LogP contribution is 2.09. The summed E-state index contributed by atoms with van der Waals surface area (Å²) in [6.07, 6.45) is 9.87. The molecule has 0 N–H and O–H groups in total. The molecule has 1 rings (SSSR count). The highest BCUT2D eigenvalue weighted by atomic mass is 32.2. The molecular formula is C10H19NS. The molecule has 0 atom stereocenters. The molecule has 2 heteroatoms. The Morgan fingerprint density at radius 3 is 2.67 bits per heavy atom. The van der Waals surface area contributed by atoms with Crippen LogP contribution in [0.1, 0.15) is 25.7 Å². The first kappa shape index (κ1) is 10.1. The summed E-state index contributed by atoms with van der Waals surface area (Å²) in [6, 6.07) is 0. The monoisotopic (exact) mass is 185 g/mol. The molecule has 0 aliphatic carbocycles. The minimum atomic E-state index is 1.22. The summed E-state index contributed by atoms with van der Waals surface area (Å²) in [5.74, 6) is 0. The van der Waals surface area contributed by atoms with Gasteiger partial charge in [-0.15, -0.1) is 11.8 Å². The Hall–Kier alpha value is 0.0500. The van der Waals surface area contributed by atoms with Crippen LogP contribution in [0.5, 0.6) is 0 Å². The van der Waals surface area contributed by atoms with Crippen LogP contribution in [-0.4, -0.2) is 30.8 Å². The van der Waals surface area contributed by atoms with Crippen LogP contribution in [-0.2, 0) is 0 Å². The third-order valence-corrected chi connectivity index (χ3v) is 2.76. The molecule has 0 amide bonds. The van der Waals surface area contributed by atoms with Crippen LogP contribution in [0, 0.1) is 0 Å². The van der Waals surface area contributed by atoms with Gasteiger partial charge in [-0.05, 0) is 44.0 Å². The second-order valence-corrected chi connectivity index (χ2v) is 4.04. The van der Waals surface area contributed by atoms with Gasteiger partial charge in [-0.25, -0.2) is 0 Å². The molecule has 70 valence electrons. The average Bonchev–Trinajstić information content (AvgIpc) is 2.14. The number of piperidine rings is 1. The minimum Gasteiger partial charge on any atom is -0.303 e. The van der Waals surface area contributed by atoms with E-state index >= 15 is 0 Å². The first-order valence-corrected chi connectivity index (χ1v) is 6.12. The van der Waals surface area contributed by atoms with Gasteiger partial charge in [0.25, 0.3) is 0 Å². The molecule has 0 aromatic heterocycles. The molecule has 0 aromatic rings. The molecule has 1 nitrogen and oxygen atoms in total. The van der Waals surface area contributed by atoms with Crippen molar-refractivity contribution in [3.05, 3.63) is 11.5 Å². The Labute approximate surface area is 80.2 Å². The Bertz CT molecular complexity index is 128. The molecule has 1 heterocycles. The molecule has 0 bridgehead atoms. The van der Waals surface area contributed by atoms with E-state index in [1.807, 2.05) is 0 Å². The van der Waals surface area contributed by atoms with Gasteiger partial charge in [-0.2, -0.15) is 0 Å². The number of rotatable bonds is 4. The molecule has 0 radical (unpaired) electrons. The average molecular weight is 185 g/mol. The molecule has 0 saturated carbocycles. The molecule has 0 unspecified atom stereocenters. The van der Waals surface area contributed by atoms with Crippen molar-refractivity contribution >= 4 is 11.8 Å². The van der Waals surface area contributed by atoms with E-state index < -0.39 is 0 Å². The lowest BCUT2D eigenvalue weighted by Gasteiger charge is -2.25. The minimum absolute atomic E-state index is 1.22. The smallest absolute Gasteiger partial charge is 0.00162 e. The van der Waals surface area contributed by atoms with E-state index in [4.69, 9.17) is 0 Å². The fourth-order valence-corrected chi connectivity index (χ4v) is 1.93. The van der Waals surface area contributed by atoms with E-state index in [1.54, 1.807) is 11.8 Å². The van der Waals surface area contributed by atoms with E-state index in [9.17, 15) is 0 Å². The first-order valence-electron chi connectivity index (χ1n) is 4.83. The molecule has 12 heavy (non-hydrogen) atoms. The molecule has 0 aromatic carbocycles.